The van der Waals surface area contributed by atoms with Gasteiger partial charge in [-0.05, 0) is 24.3 Å². The maximum atomic E-state index is 11.9. The zero-order valence-electron chi connectivity index (χ0n) is 12.0. The van der Waals surface area contributed by atoms with Gasteiger partial charge in [0.05, 0.1) is 12.7 Å². The van der Waals surface area contributed by atoms with Crippen molar-refractivity contribution in [2.45, 2.75) is 0 Å². The van der Waals surface area contributed by atoms with Crippen molar-refractivity contribution in [2.75, 3.05) is 7.11 Å². The van der Waals surface area contributed by atoms with E-state index in [0.717, 1.165) is 11.3 Å². The summed E-state index contributed by atoms with van der Waals surface area (Å²) in [5.74, 6) is -0.306. The maximum Gasteiger partial charge on any atom is 0.335 e. The van der Waals surface area contributed by atoms with Gasteiger partial charge in [0.15, 0.2) is 6.21 Å². The van der Waals surface area contributed by atoms with Crippen LogP contribution < -0.4 is 4.74 Å². The second-order valence-corrected chi connectivity index (χ2v) is 4.43. The number of methoxy groups -OCH3 is 1. The molecule has 0 fully saturated rings. The van der Waals surface area contributed by atoms with Crippen LogP contribution in [0.25, 0.3) is 6.08 Å². The number of aromatic carboxylic acids is 1. The van der Waals surface area contributed by atoms with Gasteiger partial charge in [-0.1, -0.05) is 18.2 Å². The lowest BCUT2D eigenvalue weighted by molar-refractivity contribution is -0.354. The van der Waals surface area contributed by atoms with Gasteiger partial charge >= 0.3 is 5.97 Å². The van der Waals surface area contributed by atoms with E-state index in [0.29, 0.717) is 10.4 Å². The largest absolute Gasteiger partial charge is 0.618 e. The molecule has 0 aromatic heterocycles. The number of carboxylic acid groups (broad SMARTS) is 1. The van der Waals surface area contributed by atoms with Crippen molar-refractivity contribution < 1.29 is 19.4 Å². The third-order valence-electron chi connectivity index (χ3n) is 3.00. The number of hydrogen-bond donors (Lipinski definition) is 1. The molecule has 1 N–H and O–H groups in total. The first-order valence-corrected chi connectivity index (χ1v) is 6.56. The van der Waals surface area contributed by atoms with Crippen molar-refractivity contribution in [3.05, 3.63) is 70.9 Å². The first-order valence-electron chi connectivity index (χ1n) is 6.56. The molecule has 0 radical (unpaired) electrons. The van der Waals surface area contributed by atoms with Gasteiger partial charge in [0, 0.05) is 23.8 Å². The highest BCUT2D eigenvalue weighted by Gasteiger charge is 2.05. The SMILES string of the molecule is COc1ccccc1C=CC=[N+]([O-])c1ccc(C(=O)O)cc1. The number of para-hydroxylation sites is 1. The van der Waals surface area contributed by atoms with Crippen LogP contribution in [0.5, 0.6) is 5.75 Å². The first kappa shape index (κ1) is 15.3. The first-order chi connectivity index (χ1) is 10.6. The molecule has 5 nitrogen and oxygen atoms in total. The summed E-state index contributed by atoms with van der Waals surface area (Å²) in [5, 5.41) is 20.7. The smallest absolute Gasteiger partial charge is 0.335 e. The minimum atomic E-state index is -1.02. The van der Waals surface area contributed by atoms with Crippen LogP contribution in [-0.4, -0.2) is 29.1 Å². The summed E-state index contributed by atoms with van der Waals surface area (Å²) in [6.45, 7) is 0. The number of allylic oxidation sites excluding steroid dienone is 1. The number of ether oxygens (including phenoxy) is 1. The van der Waals surface area contributed by atoms with Gasteiger partial charge in [0.2, 0.25) is 5.69 Å². The highest BCUT2D eigenvalue weighted by atomic mass is 16.5. The number of hydrogen-bond acceptors (Lipinski definition) is 3. The molecule has 0 saturated heterocycles. The van der Waals surface area contributed by atoms with E-state index in [2.05, 4.69) is 0 Å². The lowest BCUT2D eigenvalue weighted by Crippen LogP contribution is -1.98. The van der Waals surface area contributed by atoms with Gasteiger partial charge in [0.25, 0.3) is 0 Å². The Bertz CT molecular complexity index is 718. The highest BCUT2D eigenvalue weighted by molar-refractivity contribution is 5.87. The minimum Gasteiger partial charge on any atom is -0.618 e. The Morgan fingerprint density at radius 3 is 2.50 bits per heavy atom. The number of nitrogens with zero attached hydrogens (tertiary/aromatic N) is 1. The predicted octanol–water partition coefficient (Wildman–Crippen LogP) is 3.32. The molecular formula is C17H15NO4. The second-order valence-electron chi connectivity index (χ2n) is 4.43. The highest BCUT2D eigenvalue weighted by Crippen LogP contribution is 2.18. The van der Waals surface area contributed by atoms with E-state index < -0.39 is 5.97 Å². The second kappa shape index (κ2) is 7.08. The molecule has 2 aromatic rings. The quantitative estimate of drug-likeness (QED) is 0.398. The molecule has 0 heterocycles. The molecule has 0 aliphatic rings. The summed E-state index contributed by atoms with van der Waals surface area (Å²) in [6.07, 6.45) is 4.72. The molecule has 0 amide bonds. The fraction of sp³-hybridized carbons (Fsp3) is 0.0588. The topological polar surface area (TPSA) is 72.6 Å². The van der Waals surface area contributed by atoms with Gasteiger partial charge in [-0.25, -0.2) is 4.79 Å². The van der Waals surface area contributed by atoms with Crippen LogP contribution in [0.2, 0.25) is 0 Å². The van der Waals surface area contributed by atoms with Crippen molar-refractivity contribution in [2.24, 2.45) is 0 Å². The molecule has 22 heavy (non-hydrogen) atoms. The Hall–Kier alpha value is -3.08. The molecule has 2 aromatic carbocycles. The Kier molecular flexibility index (Phi) is 4.93. The molecule has 0 aliphatic heterocycles. The molecule has 0 saturated carbocycles. The molecular weight excluding hydrogens is 282 g/mol. The number of carboxylic acids is 1. The molecule has 0 aliphatic carbocycles. The number of carbonyl (C=O) groups is 1. The Morgan fingerprint density at radius 1 is 1.18 bits per heavy atom. The minimum absolute atomic E-state index is 0.140. The van der Waals surface area contributed by atoms with Crippen molar-refractivity contribution in [3.8, 4) is 5.75 Å². The Morgan fingerprint density at radius 2 is 1.86 bits per heavy atom. The van der Waals surface area contributed by atoms with Gasteiger partial charge in [0.1, 0.15) is 5.75 Å². The lowest BCUT2D eigenvalue weighted by atomic mass is 10.2. The third kappa shape index (κ3) is 3.73. The summed E-state index contributed by atoms with van der Waals surface area (Å²) in [4.78, 5) is 10.7. The monoisotopic (exact) mass is 297 g/mol. The molecule has 112 valence electrons. The van der Waals surface area contributed by atoms with Gasteiger partial charge in [-0.3, -0.25) is 0 Å². The predicted molar refractivity (Wildman–Crippen MR) is 84.8 cm³/mol. The fourth-order valence-corrected chi connectivity index (χ4v) is 1.87. The van der Waals surface area contributed by atoms with Gasteiger partial charge in [-0.15, -0.1) is 0 Å². The van der Waals surface area contributed by atoms with E-state index in [1.54, 1.807) is 19.3 Å². The average molecular weight is 297 g/mol. The van der Waals surface area contributed by atoms with E-state index in [-0.39, 0.29) is 5.56 Å². The normalized spacial score (nSPS) is 11.6. The Balaban J connectivity index is 2.15. The lowest BCUT2D eigenvalue weighted by Gasteiger charge is -2.03. The van der Waals surface area contributed by atoms with Gasteiger partial charge < -0.3 is 15.1 Å². The van der Waals surface area contributed by atoms with Crippen LogP contribution in [0.1, 0.15) is 15.9 Å². The van der Waals surface area contributed by atoms with Crippen LogP contribution in [0.3, 0.4) is 0 Å². The van der Waals surface area contributed by atoms with E-state index in [1.165, 1.54) is 30.5 Å². The molecule has 2 rings (SSSR count). The van der Waals surface area contributed by atoms with Crippen molar-refractivity contribution in [3.63, 3.8) is 0 Å². The van der Waals surface area contributed by atoms with Crippen molar-refractivity contribution >= 4 is 23.9 Å². The molecule has 0 spiro atoms. The maximum absolute atomic E-state index is 11.9. The van der Waals surface area contributed by atoms with E-state index >= 15 is 0 Å². The molecule has 0 bridgehead atoms. The van der Waals surface area contributed by atoms with Crippen LogP contribution in [0.15, 0.2) is 54.6 Å². The summed E-state index contributed by atoms with van der Waals surface area (Å²) in [7, 11) is 1.58. The van der Waals surface area contributed by atoms with Crippen molar-refractivity contribution in [1.82, 2.24) is 0 Å². The molecule has 5 heteroatoms. The van der Waals surface area contributed by atoms with E-state index in [1.807, 2.05) is 24.3 Å². The van der Waals surface area contributed by atoms with Crippen LogP contribution in [0.4, 0.5) is 5.69 Å². The Labute approximate surface area is 128 Å². The zero-order valence-corrected chi connectivity index (χ0v) is 12.0. The van der Waals surface area contributed by atoms with E-state index in [9.17, 15) is 10.0 Å². The summed E-state index contributed by atoms with van der Waals surface area (Å²) >= 11 is 0. The zero-order chi connectivity index (χ0) is 15.9. The van der Waals surface area contributed by atoms with E-state index in [4.69, 9.17) is 9.84 Å². The summed E-state index contributed by atoms with van der Waals surface area (Å²) in [5.41, 5.74) is 1.35. The summed E-state index contributed by atoms with van der Waals surface area (Å²) in [6, 6.07) is 13.2. The van der Waals surface area contributed by atoms with Crippen molar-refractivity contribution in [1.29, 1.82) is 0 Å². The number of benzene rings is 2. The summed E-state index contributed by atoms with van der Waals surface area (Å²) < 4.78 is 5.87. The molecule has 0 atom stereocenters. The molecule has 0 unspecified atom stereocenters. The standard InChI is InChI=1S/C17H15NO4/c1-22-16-7-3-2-5-13(16)6-4-12-18(21)15-10-8-14(9-11-15)17(19)20/h2-12H,1H3,(H,19,20). The van der Waals surface area contributed by atoms with Gasteiger partial charge in [-0.2, -0.15) is 4.74 Å². The third-order valence-corrected chi connectivity index (χ3v) is 3.00. The fourth-order valence-electron chi connectivity index (χ4n) is 1.87. The average Bonchev–Trinajstić information content (AvgIpc) is 2.55. The number of rotatable bonds is 5. The van der Waals surface area contributed by atoms with Crippen LogP contribution >= 0.6 is 0 Å². The van der Waals surface area contributed by atoms with Crippen LogP contribution in [0, 0.1) is 5.21 Å². The van der Waals surface area contributed by atoms with Crippen LogP contribution in [-0.2, 0) is 0 Å².